The number of carboxylic acid groups (broad SMARTS) is 1. The molecule has 1 atom stereocenters. The van der Waals surface area contributed by atoms with Gasteiger partial charge >= 0.3 is 5.97 Å². The number of carbonyl (C=O) groups excluding carboxylic acids is 1. The number of carbonyl (C=O) groups is 2. The molecule has 0 spiro atoms. The highest BCUT2D eigenvalue weighted by atomic mass is 32.1. The third kappa shape index (κ3) is 4.59. The molecule has 0 bridgehead atoms. The molecule has 0 aliphatic carbocycles. The summed E-state index contributed by atoms with van der Waals surface area (Å²) in [4.78, 5) is 29.6. The lowest BCUT2D eigenvalue weighted by molar-refractivity contribution is -0.139. The number of aromatic nitrogens is 1. The van der Waals surface area contributed by atoms with E-state index in [0.29, 0.717) is 17.2 Å². The number of ether oxygens (including phenoxy) is 2. The van der Waals surface area contributed by atoms with Crippen molar-refractivity contribution in [1.82, 2.24) is 9.88 Å². The molecule has 26 heavy (non-hydrogen) atoms. The second kappa shape index (κ2) is 8.29. The number of thiazole rings is 1. The molecule has 3 rings (SSSR count). The first-order chi connectivity index (χ1) is 12.5. The summed E-state index contributed by atoms with van der Waals surface area (Å²) in [6, 6.07) is 7.01. The van der Waals surface area contributed by atoms with Gasteiger partial charge in [0.15, 0.2) is 6.61 Å². The van der Waals surface area contributed by atoms with Crippen LogP contribution >= 0.6 is 11.3 Å². The SMILES string of the molecule is CN(Cc1ccc(OCC(=O)O)cc1)C(=O)c1cnc(C2CCCO2)s1. The Morgan fingerprint density at radius 1 is 1.38 bits per heavy atom. The maximum Gasteiger partial charge on any atom is 0.341 e. The van der Waals surface area contributed by atoms with E-state index in [9.17, 15) is 9.59 Å². The van der Waals surface area contributed by atoms with E-state index in [0.717, 1.165) is 30.0 Å². The van der Waals surface area contributed by atoms with Crippen LogP contribution in [-0.2, 0) is 16.1 Å². The van der Waals surface area contributed by atoms with Gasteiger partial charge in [-0.15, -0.1) is 11.3 Å². The molecular formula is C18H20N2O5S. The first-order valence-corrected chi connectivity index (χ1v) is 9.11. The van der Waals surface area contributed by atoms with Crippen LogP contribution < -0.4 is 4.74 Å². The molecule has 138 valence electrons. The molecule has 1 unspecified atom stereocenters. The van der Waals surface area contributed by atoms with Crippen molar-refractivity contribution in [2.75, 3.05) is 20.3 Å². The molecule has 1 amide bonds. The lowest BCUT2D eigenvalue weighted by Crippen LogP contribution is -2.25. The summed E-state index contributed by atoms with van der Waals surface area (Å²) in [6.07, 6.45) is 3.61. The molecule has 1 aliphatic heterocycles. The van der Waals surface area contributed by atoms with Gasteiger partial charge in [-0.2, -0.15) is 0 Å². The van der Waals surface area contributed by atoms with E-state index in [1.165, 1.54) is 11.3 Å². The minimum atomic E-state index is -1.02. The number of carboxylic acids is 1. The van der Waals surface area contributed by atoms with E-state index in [-0.39, 0.29) is 18.6 Å². The first-order valence-electron chi connectivity index (χ1n) is 8.29. The number of nitrogens with zero attached hydrogens (tertiary/aromatic N) is 2. The Labute approximate surface area is 155 Å². The smallest absolute Gasteiger partial charge is 0.341 e. The Hall–Kier alpha value is -2.45. The van der Waals surface area contributed by atoms with Gasteiger partial charge < -0.3 is 19.5 Å². The van der Waals surface area contributed by atoms with Gasteiger partial charge in [0.2, 0.25) is 0 Å². The third-order valence-electron chi connectivity index (χ3n) is 3.99. The van der Waals surface area contributed by atoms with Gasteiger partial charge in [0, 0.05) is 20.2 Å². The molecule has 0 radical (unpaired) electrons. The fraction of sp³-hybridized carbons (Fsp3) is 0.389. The van der Waals surface area contributed by atoms with E-state index in [1.54, 1.807) is 30.3 Å². The lowest BCUT2D eigenvalue weighted by Gasteiger charge is -2.16. The number of benzene rings is 1. The van der Waals surface area contributed by atoms with Crippen molar-refractivity contribution in [2.24, 2.45) is 0 Å². The molecule has 1 N–H and O–H groups in total. The second-order valence-electron chi connectivity index (χ2n) is 6.05. The van der Waals surface area contributed by atoms with E-state index in [4.69, 9.17) is 14.6 Å². The zero-order valence-corrected chi connectivity index (χ0v) is 15.2. The van der Waals surface area contributed by atoms with E-state index < -0.39 is 5.97 Å². The van der Waals surface area contributed by atoms with Gasteiger partial charge in [-0.1, -0.05) is 12.1 Å². The maximum atomic E-state index is 12.6. The minimum absolute atomic E-state index is 0.0187. The quantitative estimate of drug-likeness (QED) is 0.799. The van der Waals surface area contributed by atoms with E-state index in [2.05, 4.69) is 4.98 Å². The Bertz CT molecular complexity index is 768. The van der Waals surface area contributed by atoms with Gasteiger partial charge in [-0.25, -0.2) is 9.78 Å². The normalized spacial score (nSPS) is 16.4. The number of hydrogen-bond donors (Lipinski definition) is 1. The van der Waals surface area contributed by atoms with Crippen LogP contribution in [-0.4, -0.2) is 47.1 Å². The summed E-state index contributed by atoms with van der Waals surface area (Å²) in [5, 5.41) is 9.47. The third-order valence-corrected chi connectivity index (χ3v) is 5.07. The van der Waals surface area contributed by atoms with Gasteiger partial charge in [-0.3, -0.25) is 4.79 Å². The highest BCUT2D eigenvalue weighted by molar-refractivity contribution is 7.13. The number of aliphatic carboxylic acids is 1. The molecule has 1 aromatic heterocycles. The Morgan fingerprint density at radius 2 is 2.15 bits per heavy atom. The van der Waals surface area contributed by atoms with E-state index >= 15 is 0 Å². The first kappa shape index (κ1) is 18.3. The fourth-order valence-electron chi connectivity index (χ4n) is 2.68. The van der Waals surface area contributed by atoms with Crippen molar-refractivity contribution < 1.29 is 24.2 Å². The molecule has 1 saturated heterocycles. The number of hydrogen-bond acceptors (Lipinski definition) is 6. The maximum absolute atomic E-state index is 12.6. The summed E-state index contributed by atoms with van der Waals surface area (Å²) in [6.45, 7) is 0.807. The van der Waals surface area contributed by atoms with Crippen LogP contribution in [0.1, 0.15) is 39.2 Å². The zero-order chi connectivity index (χ0) is 18.5. The Balaban J connectivity index is 1.57. The molecule has 1 aromatic carbocycles. The highest BCUT2D eigenvalue weighted by Crippen LogP contribution is 2.31. The van der Waals surface area contributed by atoms with Crippen LogP contribution in [0.25, 0.3) is 0 Å². The summed E-state index contributed by atoms with van der Waals surface area (Å²) in [5.41, 5.74) is 0.924. The van der Waals surface area contributed by atoms with Crippen molar-refractivity contribution >= 4 is 23.2 Å². The molecular weight excluding hydrogens is 356 g/mol. The summed E-state index contributed by atoms with van der Waals surface area (Å²) < 4.78 is 10.7. The molecule has 2 heterocycles. The van der Waals surface area contributed by atoms with Crippen molar-refractivity contribution in [2.45, 2.75) is 25.5 Å². The minimum Gasteiger partial charge on any atom is -0.482 e. The number of amides is 1. The molecule has 7 nitrogen and oxygen atoms in total. The lowest BCUT2D eigenvalue weighted by atomic mass is 10.2. The van der Waals surface area contributed by atoms with Crippen LogP contribution in [0.3, 0.4) is 0 Å². The summed E-state index contributed by atoms with van der Waals surface area (Å²) in [7, 11) is 1.74. The topological polar surface area (TPSA) is 89.0 Å². The summed E-state index contributed by atoms with van der Waals surface area (Å²) in [5.74, 6) is -0.627. The van der Waals surface area contributed by atoms with Crippen molar-refractivity contribution in [3.63, 3.8) is 0 Å². The van der Waals surface area contributed by atoms with Gasteiger partial charge in [0.25, 0.3) is 5.91 Å². The molecule has 1 fully saturated rings. The second-order valence-corrected chi connectivity index (χ2v) is 7.11. The zero-order valence-electron chi connectivity index (χ0n) is 14.4. The average molecular weight is 376 g/mol. The van der Waals surface area contributed by atoms with Crippen LogP contribution in [0, 0.1) is 0 Å². The average Bonchev–Trinajstić information content (AvgIpc) is 3.31. The van der Waals surface area contributed by atoms with E-state index in [1.807, 2.05) is 12.1 Å². The largest absolute Gasteiger partial charge is 0.482 e. The monoisotopic (exact) mass is 376 g/mol. The fourth-order valence-corrected chi connectivity index (χ4v) is 3.67. The Kier molecular flexibility index (Phi) is 5.85. The number of rotatable bonds is 7. The standard InChI is InChI=1S/C18H20N2O5S/c1-20(10-12-4-6-13(7-5-12)25-11-16(21)22)18(23)15-9-19-17(26-15)14-3-2-8-24-14/h4-7,9,14H,2-3,8,10-11H2,1H3,(H,21,22). The van der Waals surface area contributed by atoms with Crippen LogP contribution in [0.5, 0.6) is 5.75 Å². The predicted molar refractivity (Wildman–Crippen MR) is 95.4 cm³/mol. The molecule has 8 heteroatoms. The molecule has 0 saturated carbocycles. The van der Waals surface area contributed by atoms with Gasteiger partial charge in [-0.05, 0) is 30.5 Å². The van der Waals surface area contributed by atoms with Crippen molar-refractivity contribution in [3.05, 3.63) is 45.9 Å². The molecule has 2 aromatic rings. The predicted octanol–water partition coefficient (Wildman–Crippen LogP) is 2.73. The van der Waals surface area contributed by atoms with Crippen molar-refractivity contribution in [1.29, 1.82) is 0 Å². The summed E-state index contributed by atoms with van der Waals surface area (Å²) >= 11 is 1.39. The molecule has 1 aliphatic rings. The van der Waals surface area contributed by atoms with Gasteiger partial charge in [0.05, 0.1) is 6.20 Å². The van der Waals surface area contributed by atoms with Crippen LogP contribution in [0.15, 0.2) is 30.5 Å². The van der Waals surface area contributed by atoms with Gasteiger partial charge in [0.1, 0.15) is 21.7 Å². The van der Waals surface area contributed by atoms with Crippen LogP contribution in [0.2, 0.25) is 0 Å². The highest BCUT2D eigenvalue weighted by Gasteiger charge is 2.23. The van der Waals surface area contributed by atoms with Crippen LogP contribution in [0.4, 0.5) is 0 Å². The van der Waals surface area contributed by atoms with Crippen molar-refractivity contribution in [3.8, 4) is 5.75 Å². The Morgan fingerprint density at radius 3 is 2.81 bits per heavy atom.